The molecule has 4 heteroatoms. The monoisotopic (exact) mass is 358 g/mol. The first kappa shape index (κ1) is 17.3. The fourth-order valence-corrected chi connectivity index (χ4v) is 3.56. The van der Waals surface area contributed by atoms with Crippen molar-refractivity contribution in [2.75, 3.05) is 6.61 Å². The van der Waals surface area contributed by atoms with Gasteiger partial charge in [0.25, 0.3) is 0 Å². The van der Waals surface area contributed by atoms with Gasteiger partial charge in [0.1, 0.15) is 5.75 Å². The molecule has 3 aromatic carbocycles. The molecule has 27 heavy (non-hydrogen) atoms. The third-order valence-corrected chi connectivity index (χ3v) is 4.89. The predicted molar refractivity (Wildman–Crippen MR) is 108 cm³/mol. The van der Waals surface area contributed by atoms with E-state index in [9.17, 15) is 4.79 Å². The Morgan fingerprint density at radius 2 is 1.81 bits per heavy atom. The summed E-state index contributed by atoms with van der Waals surface area (Å²) in [5.41, 5.74) is 3.07. The molecule has 1 heterocycles. The first-order valence-electron chi connectivity index (χ1n) is 9.25. The average Bonchev–Trinajstić information content (AvgIpc) is 3.14. The summed E-state index contributed by atoms with van der Waals surface area (Å²) in [7, 11) is 0. The molecule has 1 amide bonds. The maximum absolute atomic E-state index is 12.2. The van der Waals surface area contributed by atoms with Crippen molar-refractivity contribution in [3.8, 4) is 5.75 Å². The Labute approximate surface area is 159 Å². The zero-order chi connectivity index (χ0) is 18.8. The standard InChI is InChI=1S/C23H22N2O2/c1-3-27-21-12-10-18(11-13-21)23-15-22(24-25(23)16(2)26)20-9-8-17-6-4-5-7-19(17)14-20/h4-14,23H,3,15H2,1-2H3. The van der Waals surface area contributed by atoms with Crippen molar-refractivity contribution in [3.63, 3.8) is 0 Å². The van der Waals surface area contributed by atoms with Crippen LogP contribution in [0.4, 0.5) is 0 Å². The highest BCUT2D eigenvalue weighted by Gasteiger charge is 2.31. The maximum atomic E-state index is 12.2. The van der Waals surface area contributed by atoms with E-state index in [1.165, 1.54) is 10.8 Å². The first-order valence-corrected chi connectivity index (χ1v) is 9.25. The second-order valence-electron chi connectivity index (χ2n) is 6.69. The molecule has 4 nitrogen and oxygen atoms in total. The van der Waals surface area contributed by atoms with Crippen LogP contribution in [0.25, 0.3) is 10.8 Å². The lowest BCUT2D eigenvalue weighted by Crippen LogP contribution is -2.24. The van der Waals surface area contributed by atoms with Gasteiger partial charge in [0.05, 0.1) is 18.4 Å². The van der Waals surface area contributed by atoms with Gasteiger partial charge in [-0.1, -0.05) is 48.5 Å². The fraction of sp³-hybridized carbons (Fsp3) is 0.217. The van der Waals surface area contributed by atoms with Crippen LogP contribution in [0.1, 0.15) is 37.4 Å². The molecular weight excluding hydrogens is 336 g/mol. The van der Waals surface area contributed by atoms with Crippen LogP contribution in [0, 0.1) is 0 Å². The van der Waals surface area contributed by atoms with Crippen LogP contribution in [0.15, 0.2) is 71.8 Å². The highest BCUT2D eigenvalue weighted by Crippen LogP contribution is 2.34. The van der Waals surface area contributed by atoms with Gasteiger partial charge in [-0.05, 0) is 47.0 Å². The van der Waals surface area contributed by atoms with Gasteiger partial charge in [-0.3, -0.25) is 4.79 Å². The van der Waals surface area contributed by atoms with E-state index in [2.05, 4.69) is 35.4 Å². The molecule has 1 unspecified atom stereocenters. The summed E-state index contributed by atoms with van der Waals surface area (Å²) in [6.07, 6.45) is 0.700. The number of carbonyl (C=O) groups excluding carboxylic acids is 1. The van der Waals surface area contributed by atoms with Gasteiger partial charge in [0.15, 0.2) is 0 Å². The number of rotatable bonds is 4. The lowest BCUT2D eigenvalue weighted by atomic mass is 9.97. The Balaban J connectivity index is 1.65. The van der Waals surface area contributed by atoms with Crippen LogP contribution < -0.4 is 4.74 Å². The van der Waals surface area contributed by atoms with Crippen LogP contribution in [-0.4, -0.2) is 23.2 Å². The Hall–Kier alpha value is -3.14. The molecule has 0 bridgehead atoms. The van der Waals surface area contributed by atoms with Crippen molar-refractivity contribution in [1.29, 1.82) is 0 Å². The number of nitrogens with zero attached hydrogens (tertiary/aromatic N) is 2. The van der Waals surface area contributed by atoms with E-state index in [0.29, 0.717) is 13.0 Å². The molecule has 0 radical (unpaired) electrons. The summed E-state index contributed by atoms with van der Waals surface area (Å²) in [5, 5.41) is 8.63. The molecule has 0 spiro atoms. The van der Waals surface area contributed by atoms with E-state index in [0.717, 1.165) is 22.6 Å². The van der Waals surface area contributed by atoms with Crippen LogP contribution in [0.2, 0.25) is 0 Å². The second-order valence-corrected chi connectivity index (χ2v) is 6.69. The molecule has 0 N–H and O–H groups in total. The number of hydrogen-bond acceptors (Lipinski definition) is 3. The summed E-state index contributed by atoms with van der Waals surface area (Å²) >= 11 is 0. The Kier molecular flexibility index (Phi) is 4.63. The van der Waals surface area contributed by atoms with Gasteiger partial charge in [-0.2, -0.15) is 5.10 Å². The van der Waals surface area contributed by atoms with Gasteiger partial charge in [-0.15, -0.1) is 0 Å². The quantitative estimate of drug-likeness (QED) is 0.663. The van der Waals surface area contributed by atoms with E-state index in [4.69, 9.17) is 4.74 Å². The van der Waals surface area contributed by atoms with E-state index in [1.807, 2.05) is 43.3 Å². The van der Waals surface area contributed by atoms with Gasteiger partial charge in [0, 0.05) is 13.3 Å². The van der Waals surface area contributed by atoms with Gasteiger partial charge in [-0.25, -0.2) is 5.01 Å². The fourth-order valence-electron chi connectivity index (χ4n) is 3.56. The largest absolute Gasteiger partial charge is 0.494 e. The van der Waals surface area contributed by atoms with E-state index >= 15 is 0 Å². The number of benzene rings is 3. The highest BCUT2D eigenvalue weighted by atomic mass is 16.5. The molecule has 136 valence electrons. The number of ether oxygens (including phenoxy) is 1. The van der Waals surface area contributed by atoms with Crippen molar-refractivity contribution in [1.82, 2.24) is 5.01 Å². The van der Waals surface area contributed by atoms with Crippen LogP contribution in [0.3, 0.4) is 0 Å². The molecular formula is C23H22N2O2. The Morgan fingerprint density at radius 1 is 1.07 bits per heavy atom. The molecule has 1 atom stereocenters. The topological polar surface area (TPSA) is 41.9 Å². The van der Waals surface area contributed by atoms with E-state index < -0.39 is 0 Å². The molecule has 0 aromatic heterocycles. The van der Waals surface area contributed by atoms with Gasteiger partial charge < -0.3 is 4.74 Å². The summed E-state index contributed by atoms with van der Waals surface area (Å²) < 4.78 is 5.52. The molecule has 1 aliphatic heterocycles. The minimum absolute atomic E-state index is 0.0512. The molecule has 4 rings (SSSR count). The van der Waals surface area contributed by atoms with Gasteiger partial charge >= 0.3 is 0 Å². The zero-order valence-electron chi connectivity index (χ0n) is 15.6. The Morgan fingerprint density at radius 3 is 2.52 bits per heavy atom. The van der Waals surface area contributed by atoms with Crippen molar-refractivity contribution in [2.24, 2.45) is 5.10 Å². The maximum Gasteiger partial charge on any atom is 0.240 e. The van der Waals surface area contributed by atoms with E-state index in [1.54, 1.807) is 11.9 Å². The molecule has 3 aromatic rings. The Bertz CT molecular complexity index is 1010. The lowest BCUT2D eigenvalue weighted by molar-refractivity contribution is -0.130. The molecule has 0 saturated heterocycles. The second kappa shape index (κ2) is 7.23. The molecule has 0 fully saturated rings. The predicted octanol–water partition coefficient (Wildman–Crippen LogP) is 4.94. The normalized spacial score (nSPS) is 16.4. The van der Waals surface area contributed by atoms with Gasteiger partial charge in [0.2, 0.25) is 5.91 Å². The van der Waals surface area contributed by atoms with Crippen molar-refractivity contribution >= 4 is 22.4 Å². The van der Waals surface area contributed by atoms with Crippen molar-refractivity contribution in [2.45, 2.75) is 26.3 Å². The van der Waals surface area contributed by atoms with E-state index in [-0.39, 0.29) is 11.9 Å². The minimum Gasteiger partial charge on any atom is -0.494 e. The van der Waals surface area contributed by atoms with Crippen LogP contribution in [-0.2, 0) is 4.79 Å². The van der Waals surface area contributed by atoms with Crippen LogP contribution >= 0.6 is 0 Å². The minimum atomic E-state index is -0.0837. The smallest absolute Gasteiger partial charge is 0.240 e. The van der Waals surface area contributed by atoms with Crippen molar-refractivity contribution < 1.29 is 9.53 Å². The molecule has 1 aliphatic rings. The third-order valence-electron chi connectivity index (χ3n) is 4.89. The number of hydrogen-bond donors (Lipinski definition) is 0. The molecule has 0 aliphatic carbocycles. The molecule has 0 saturated carbocycles. The summed E-state index contributed by atoms with van der Waals surface area (Å²) in [6, 6.07) is 22.5. The summed E-state index contributed by atoms with van der Waals surface area (Å²) in [6.45, 7) is 4.16. The zero-order valence-corrected chi connectivity index (χ0v) is 15.6. The van der Waals surface area contributed by atoms with Crippen molar-refractivity contribution in [3.05, 3.63) is 77.9 Å². The number of carbonyl (C=O) groups is 1. The number of amides is 1. The average molecular weight is 358 g/mol. The summed E-state index contributed by atoms with van der Waals surface area (Å²) in [4.78, 5) is 12.2. The first-order chi connectivity index (χ1) is 13.2. The SMILES string of the molecule is CCOc1ccc(C2CC(c3ccc4ccccc4c3)=NN2C(C)=O)cc1. The lowest BCUT2D eigenvalue weighted by Gasteiger charge is -2.20. The summed E-state index contributed by atoms with van der Waals surface area (Å²) in [5.74, 6) is 0.786. The number of hydrazone groups is 1. The number of fused-ring (bicyclic) bond motifs is 1. The van der Waals surface area contributed by atoms with Crippen LogP contribution in [0.5, 0.6) is 5.75 Å². The highest BCUT2D eigenvalue weighted by molar-refractivity contribution is 6.05. The third kappa shape index (κ3) is 3.43.